The molecule has 43 valence electrons. The summed E-state index contributed by atoms with van der Waals surface area (Å²) >= 11 is 0. The average Bonchev–Trinajstić information content (AvgIpc) is 2.33. The first kappa shape index (κ1) is 4.37. The minimum absolute atomic E-state index is 0.387. The number of hydrogen-bond donors (Lipinski definition) is 0. The second-order valence-corrected chi connectivity index (χ2v) is 1.41. The lowest BCUT2D eigenvalue weighted by atomic mass is 10.7. The van der Waals surface area contributed by atoms with Gasteiger partial charge in [-0.15, -0.1) is 0 Å². The fourth-order valence-corrected chi connectivity index (χ4v) is 0.511. The number of hydrogen-bond acceptors (Lipinski definition) is 5. The van der Waals surface area contributed by atoms with Crippen molar-refractivity contribution in [3.05, 3.63) is 12.4 Å². The van der Waals surface area contributed by atoms with E-state index in [9.17, 15) is 0 Å². The Balaban J connectivity index is 2.95. The van der Waals surface area contributed by atoms with Gasteiger partial charge in [-0.2, -0.15) is 0 Å². The van der Waals surface area contributed by atoms with Gasteiger partial charge in [0.2, 0.25) is 11.3 Å². The van der Waals surface area contributed by atoms with Crippen LogP contribution >= 0.6 is 0 Å². The lowest BCUT2D eigenvalue weighted by Gasteiger charge is -1.74. The Morgan fingerprint density at radius 2 is 2.22 bits per heavy atom. The molecule has 0 unspecified atom stereocenters. The van der Waals surface area contributed by atoms with Crippen LogP contribution in [0.3, 0.4) is 0 Å². The molecule has 2 aromatic rings. The van der Waals surface area contributed by atoms with Crippen LogP contribution in [0, 0.1) is 6.20 Å². The average molecular weight is 121 g/mol. The molecular weight excluding hydrogens is 120 g/mol. The highest BCUT2D eigenvalue weighted by atomic mass is 16.6. The summed E-state index contributed by atoms with van der Waals surface area (Å²) in [6.45, 7) is 0. The van der Waals surface area contributed by atoms with Crippen LogP contribution in [0.1, 0.15) is 0 Å². The van der Waals surface area contributed by atoms with Gasteiger partial charge >= 0.3 is 0 Å². The van der Waals surface area contributed by atoms with Crippen LogP contribution in [-0.2, 0) is 0 Å². The SMILES string of the molecule is [c]1cnc2nonc2n1. The Morgan fingerprint density at radius 1 is 1.33 bits per heavy atom. The third kappa shape index (κ3) is 0.543. The summed E-state index contributed by atoms with van der Waals surface area (Å²) in [5.74, 6) is 0. The standard InChI is InChI=1S/C4HN4O/c1-2-6-4-3(5-1)7-9-8-4/h1H. The molecule has 0 aliphatic rings. The molecule has 9 heavy (non-hydrogen) atoms. The first-order chi connectivity index (χ1) is 4.47. The molecule has 2 rings (SSSR count). The van der Waals surface area contributed by atoms with Gasteiger partial charge in [-0.3, -0.25) is 0 Å². The molecule has 0 bridgehead atoms. The van der Waals surface area contributed by atoms with Gasteiger partial charge in [-0.1, -0.05) is 0 Å². The largest absolute Gasteiger partial charge is 0.244 e. The molecule has 0 N–H and O–H groups in total. The van der Waals surface area contributed by atoms with E-state index in [1.54, 1.807) is 0 Å². The Morgan fingerprint density at radius 3 is 3.11 bits per heavy atom. The van der Waals surface area contributed by atoms with Gasteiger partial charge in [0.15, 0.2) is 0 Å². The van der Waals surface area contributed by atoms with Crippen molar-refractivity contribution in [2.24, 2.45) is 0 Å². The van der Waals surface area contributed by atoms with E-state index in [4.69, 9.17) is 0 Å². The zero-order chi connectivity index (χ0) is 6.10. The zero-order valence-electron chi connectivity index (χ0n) is 4.27. The molecule has 5 nitrogen and oxygen atoms in total. The lowest BCUT2D eigenvalue weighted by molar-refractivity contribution is 0.314. The molecule has 2 aromatic heterocycles. The topological polar surface area (TPSA) is 64.7 Å². The summed E-state index contributed by atoms with van der Waals surface area (Å²) in [6.07, 6.45) is 3.91. The van der Waals surface area contributed by atoms with E-state index in [-0.39, 0.29) is 0 Å². The maximum Gasteiger partial charge on any atom is 0.244 e. The first-order valence-electron chi connectivity index (χ1n) is 2.28. The van der Waals surface area contributed by atoms with Crippen LogP contribution in [0.25, 0.3) is 11.3 Å². The van der Waals surface area contributed by atoms with E-state index in [0.717, 1.165) is 0 Å². The molecule has 0 amide bonds. The minimum atomic E-state index is 0.387. The predicted octanol–water partition coefficient (Wildman–Crippen LogP) is -0.187. The molecule has 5 heteroatoms. The zero-order valence-corrected chi connectivity index (χ0v) is 4.27. The molecule has 0 aromatic carbocycles. The normalized spacial score (nSPS) is 10.2. The van der Waals surface area contributed by atoms with E-state index in [0.29, 0.717) is 11.3 Å². The first-order valence-corrected chi connectivity index (χ1v) is 2.28. The summed E-state index contributed by atoms with van der Waals surface area (Å²) in [5, 5.41) is 6.87. The Hall–Kier alpha value is -1.52. The fourth-order valence-electron chi connectivity index (χ4n) is 0.511. The molecule has 0 atom stereocenters. The fraction of sp³-hybridized carbons (Fsp3) is 0. The van der Waals surface area contributed by atoms with Crippen LogP contribution < -0.4 is 0 Å². The van der Waals surface area contributed by atoms with Gasteiger partial charge in [0.05, 0.1) is 6.20 Å². The number of aromatic nitrogens is 4. The highest BCUT2D eigenvalue weighted by molar-refractivity contribution is 5.61. The van der Waals surface area contributed by atoms with Gasteiger partial charge < -0.3 is 0 Å². The molecule has 0 saturated carbocycles. The van der Waals surface area contributed by atoms with E-state index < -0.39 is 0 Å². The Labute approximate surface area is 49.7 Å². The molecule has 0 fully saturated rings. The molecule has 0 aliphatic carbocycles. The minimum Gasteiger partial charge on any atom is -0.240 e. The van der Waals surface area contributed by atoms with Crippen LogP contribution in [-0.4, -0.2) is 20.3 Å². The summed E-state index contributed by atoms with van der Waals surface area (Å²) in [6, 6.07) is 0. The van der Waals surface area contributed by atoms with Gasteiger partial charge in [0.1, 0.15) is 6.20 Å². The second kappa shape index (κ2) is 1.48. The molecule has 0 spiro atoms. The van der Waals surface area contributed by atoms with Crippen molar-refractivity contribution in [2.45, 2.75) is 0 Å². The van der Waals surface area contributed by atoms with E-state index in [1.165, 1.54) is 6.20 Å². The summed E-state index contributed by atoms with van der Waals surface area (Å²) in [7, 11) is 0. The molecule has 0 aliphatic heterocycles. The van der Waals surface area contributed by atoms with E-state index in [2.05, 4.69) is 31.1 Å². The predicted molar refractivity (Wildman–Crippen MR) is 26.2 cm³/mol. The third-order valence-corrected chi connectivity index (χ3v) is 0.870. The lowest BCUT2D eigenvalue weighted by Crippen LogP contribution is -1.78. The highest BCUT2D eigenvalue weighted by Crippen LogP contribution is 1.96. The van der Waals surface area contributed by atoms with Crippen LogP contribution in [0.2, 0.25) is 0 Å². The second-order valence-electron chi connectivity index (χ2n) is 1.41. The van der Waals surface area contributed by atoms with Crippen molar-refractivity contribution in [1.29, 1.82) is 0 Å². The van der Waals surface area contributed by atoms with E-state index in [1.807, 2.05) is 0 Å². The van der Waals surface area contributed by atoms with Crippen LogP contribution in [0.5, 0.6) is 0 Å². The van der Waals surface area contributed by atoms with Crippen molar-refractivity contribution in [2.75, 3.05) is 0 Å². The number of rotatable bonds is 0. The molecule has 1 radical (unpaired) electrons. The van der Waals surface area contributed by atoms with Crippen LogP contribution in [0.15, 0.2) is 10.8 Å². The summed E-state index contributed by atoms with van der Waals surface area (Å²) in [5.41, 5.74) is 0.797. The monoisotopic (exact) mass is 121 g/mol. The van der Waals surface area contributed by atoms with Gasteiger partial charge in [-0.05, 0) is 10.3 Å². The van der Waals surface area contributed by atoms with Gasteiger partial charge in [0, 0.05) is 0 Å². The maximum absolute atomic E-state index is 4.32. The highest BCUT2D eigenvalue weighted by Gasteiger charge is 1.97. The summed E-state index contributed by atoms with van der Waals surface area (Å²) < 4.78 is 4.32. The number of nitrogens with zero attached hydrogens (tertiary/aromatic N) is 4. The van der Waals surface area contributed by atoms with Crippen molar-refractivity contribution in [1.82, 2.24) is 20.3 Å². The van der Waals surface area contributed by atoms with Crippen molar-refractivity contribution in [3.8, 4) is 0 Å². The number of fused-ring (bicyclic) bond motifs is 1. The Bertz CT molecular complexity index is 287. The quantitative estimate of drug-likeness (QED) is 0.483. The summed E-state index contributed by atoms with van der Waals surface area (Å²) in [4.78, 5) is 7.44. The maximum atomic E-state index is 4.32. The van der Waals surface area contributed by atoms with Gasteiger partial charge in [-0.25, -0.2) is 14.6 Å². The van der Waals surface area contributed by atoms with Crippen molar-refractivity contribution >= 4 is 11.3 Å². The van der Waals surface area contributed by atoms with Crippen LogP contribution in [0.4, 0.5) is 0 Å². The molecular formula is C4HN4O. The van der Waals surface area contributed by atoms with Crippen molar-refractivity contribution < 1.29 is 4.63 Å². The Kier molecular flexibility index (Phi) is 0.717. The van der Waals surface area contributed by atoms with E-state index >= 15 is 0 Å². The van der Waals surface area contributed by atoms with Crippen molar-refractivity contribution in [3.63, 3.8) is 0 Å². The smallest absolute Gasteiger partial charge is 0.240 e. The van der Waals surface area contributed by atoms with Gasteiger partial charge in [0.25, 0.3) is 0 Å². The molecule has 0 saturated heterocycles. The molecule has 2 heterocycles. The third-order valence-electron chi connectivity index (χ3n) is 0.870.